The van der Waals surface area contributed by atoms with Gasteiger partial charge in [0, 0.05) is 5.75 Å². The van der Waals surface area contributed by atoms with Gasteiger partial charge in [0.1, 0.15) is 0 Å². The van der Waals surface area contributed by atoms with Crippen LogP contribution in [-0.2, 0) is 11.1 Å². The molecule has 0 saturated carbocycles. The molecule has 4 heteroatoms. The van der Waals surface area contributed by atoms with Gasteiger partial charge < -0.3 is 9.66 Å². The molecule has 1 aromatic rings. The van der Waals surface area contributed by atoms with E-state index in [1.807, 2.05) is 6.07 Å². The molecular formula is C8H9O3S-. The van der Waals surface area contributed by atoms with Gasteiger partial charge in [-0.05, 0) is 5.56 Å². The molecule has 3 nitrogen and oxygen atoms in total. The molecule has 0 saturated heterocycles. The highest BCUT2D eigenvalue weighted by molar-refractivity contribution is 7.79. The zero-order chi connectivity index (χ0) is 8.97. The van der Waals surface area contributed by atoms with Gasteiger partial charge in [-0.3, -0.25) is 4.21 Å². The zero-order valence-electron chi connectivity index (χ0n) is 6.34. The highest BCUT2D eigenvalue weighted by atomic mass is 32.2. The lowest BCUT2D eigenvalue weighted by Gasteiger charge is -2.11. The fourth-order valence-corrected chi connectivity index (χ4v) is 1.35. The SMILES string of the molecule is O=S([O-])C[C@H](O)c1ccccc1. The summed E-state index contributed by atoms with van der Waals surface area (Å²) >= 11 is -2.20. The van der Waals surface area contributed by atoms with Gasteiger partial charge in [0.15, 0.2) is 0 Å². The van der Waals surface area contributed by atoms with Crippen molar-refractivity contribution in [3.05, 3.63) is 35.9 Å². The van der Waals surface area contributed by atoms with Crippen LogP contribution in [-0.4, -0.2) is 19.6 Å². The van der Waals surface area contributed by atoms with Crippen LogP contribution < -0.4 is 0 Å². The summed E-state index contributed by atoms with van der Waals surface area (Å²) in [6.45, 7) is 0. The van der Waals surface area contributed by atoms with Crippen LogP contribution in [0.1, 0.15) is 11.7 Å². The molecule has 66 valence electrons. The maximum absolute atomic E-state index is 10.2. The summed E-state index contributed by atoms with van der Waals surface area (Å²) in [6.07, 6.45) is -0.912. The van der Waals surface area contributed by atoms with Crippen molar-refractivity contribution >= 4 is 11.1 Å². The van der Waals surface area contributed by atoms with Crippen LogP contribution in [0.4, 0.5) is 0 Å². The summed E-state index contributed by atoms with van der Waals surface area (Å²) in [5.41, 5.74) is 0.627. The third-order valence-corrected chi connectivity index (χ3v) is 2.07. The number of hydrogen-bond acceptors (Lipinski definition) is 3. The molecule has 0 heterocycles. The van der Waals surface area contributed by atoms with Crippen LogP contribution in [0.15, 0.2) is 30.3 Å². The molecule has 1 aromatic carbocycles. The summed E-state index contributed by atoms with van der Waals surface area (Å²) < 4.78 is 20.4. The Balaban J connectivity index is 2.65. The van der Waals surface area contributed by atoms with Crippen molar-refractivity contribution in [2.45, 2.75) is 6.10 Å². The number of rotatable bonds is 3. The molecule has 12 heavy (non-hydrogen) atoms. The molecule has 0 bridgehead atoms. The molecule has 0 aliphatic heterocycles. The van der Waals surface area contributed by atoms with Crippen LogP contribution in [0.25, 0.3) is 0 Å². The van der Waals surface area contributed by atoms with Gasteiger partial charge in [0.25, 0.3) is 0 Å². The third kappa shape index (κ3) is 2.73. The smallest absolute Gasteiger partial charge is 0.0894 e. The fourth-order valence-electron chi connectivity index (χ4n) is 0.900. The second-order valence-electron chi connectivity index (χ2n) is 2.40. The lowest BCUT2D eigenvalue weighted by atomic mass is 10.1. The van der Waals surface area contributed by atoms with E-state index in [9.17, 15) is 13.9 Å². The summed E-state index contributed by atoms with van der Waals surface area (Å²) in [5.74, 6) is -0.246. The first-order valence-corrected chi connectivity index (χ1v) is 4.73. The summed E-state index contributed by atoms with van der Waals surface area (Å²) in [4.78, 5) is 0. The van der Waals surface area contributed by atoms with Crippen molar-refractivity contribution in [1.82, 2.24) is 0 Å². The largest absolute Gasteiger partial charge is 0.772 e. The molecule has 0 aromatic heterocycles. The van der Waals surface area contributed by atoms with Gasteiger partial charge in [-0.15, -0.1) is 0 Å². The lowest BCUT2D eigenvalue weighted by Crippen LogP contribution is -2.07. The van der Waals surface area contributed by atoms with Crippen molar-refractivity contribution in [2.75, 3.05) is 5.75 Å². The minimum absolute atomic E-state index is 0.246. The zero-order valence-corrected chi connectivity index (χ0v) is 7.16. The molecule has 0 spiro atoms. The molecule has 1 N–H and O–H groups in total. The molecule has 0 aliphatic rings. The van der Waals surface area contributed by atoms with E-state index in [-0.39, 0.29) is 5.75 Å². The average molecular weight is 185 g/mol. The van der Waals surface area contributed by atoms with E-state index in [2.05, 4.69) is 0 Å². The Kier molecular flexibility index (Phi) is 3.40. The van der Waals surface area contributed by atoms with Crippen molar-refractivity contribution in [2.24, 2.45) is 0 Å². The van der Waals surface area contributed by atoms with Crippen LogP contribution >= 0.6 is 0 Å². The van der Waals surface area contributed by atoms with Crippen molar-refractivity contribution in [3.63, 3.8) is 0 Å². The van der Waals surface area contributed by atoms with Crippen molar-refractivity contribution in [3.8, 4) is 0 Å². The second-order valence-corrected chi connectivity index (χ2v) is 3.34. The number of hydrogen-bond donors (Lipinski definition) is 1. The lowest BCUT2D eigenvalue weighted by molar-refractivity contribution is 0.201. The Bertz CT molecular complexity index is 260. The molecular weight excluding hydrogens is 176 g/mol. The van der Waals surface area contributed by atoms with E-state index in [1.165, 1.54) is 0 Å². The molecule has 2 atom stereocenters. The van der Waals surface area contributed by atoms with Crippen LogP contribution in [0, 0.1) is 0 Å². The Morgan fingerprint density at radius 3 is 2.50 bits per heavy atom. The minimum Gasteiger partial charge on any atom is -0.772 e. The van der Waals surface area contributed by atoms with Gasteiger partial charge in [0.2, 0.25) is 0 Å². The third-order valence-electron chi connectivity index (χ3n) is 1.48. The van der Waals surface area contributed by atoms with Crippen molar-refractivity contribution in [1.29, 1.82) is 0 Å². The average Bonchev–Trinajstić information content (AvgIpc) is 2.05. The van der Waals surface area contributed by atoms with E-state index in [0.717, 1.165) is 0 Å². The first kappa shape index (κ1) is 9.38. The highest BCUT2D eigenvalue weighted by Gasteiger charge is 2.05. The number of benzene rings is 1. The number of aliphatic hydroxyl groups excluding tert-OH is 1. The Labute approximate surface area is 73.3 Å². The maximum Gasteiger partial charge on any atom is 0.0894 e. The maximum atomic E-state index is 10.2. The number of aliphatic hydroxyl groups is 1. The quantitative estimate of drug-likeness (QED) is 0.701. The van der Waals surface area contributed by atoms with Crippen LogP contribution in [0.3, 0.4) is 0 Å². The first-order valence-electron chi connectivity index (χ1n) is 3.49. The summed E-state index contributed by atoms with van der Waals surface area (Å²) in [5, 5.41) is 9.30. The van der Waals surface area contributed by atoms with Gasteiger partial charge in [-0.2, -0.15) is 0 Å². The molecule has 0 radical (unpaired) electrons. The minimum atomic E-state index is -2.20. The normalized spacial score (nSPS) is 15.5. The standard InChI is InChI=1S/C8H10O3S/c9-8(6-12(10)11)7-4-2-1-3-5-7/h1-5,8-9H,6H2,(H,10,11)/p-1/t8-/m0/s1. The fraction of sp³-hybridized carbons (Fsp3) is 0.250. The second kappa shape index (κ2) is 4.35. The van der Waals surface area contributed by atoms with Crippen LogP contribution in [0.5, 0.6) is 0 Å². The molecule has 1 rings (SSSR count). The monoisotopic (exact) mass is 185 g/mol. The highest BCUT2D eigenvalue weighted by Crippen LogP contribution is 2.11. The van der Waals surface area contributed by atoms with E-state index in [1.54, 1.807) is 24.3 Å². The molecule has 0 aliphatic carbocycles. The molecule has 0 fully saturated rings. The van der Waals surface area contributed by atoms with E-state index < -0.39 is 17.2 Å². The Hall–Kier alpha value is -0.710. The van der Waals surface area contributed by atoms with Gasteiger partial charge in [-0.1, -0.05) is 41.4 Å². The van der Waals surface area contributed by atoms with E-state index in [4.69, 9.17) is 0 Å². The van der Waals surface area contributed by atoms with E-state index in [0.29, 0.717) is 5.56 Å². The van der Waals surface area contributed by atoms with Gasteiger partial charge >= 0.3 is 0 Å². The van der Waals surface area contributed by atoms with Gasteiger partial charge in [0.05, 0.1) is 6.10 Å². The molecule has 1 unspecified atom stereocenters. The first-order chi connectivity index (χ1) is 5.70. The summed E-state index contributed by atoms with van der Waals surface area (Å²) in [6, 6.07) is 8.71. The summed E-state index contributed by atoms with van der Waals surface area (Å²) in [7, 11) is 0. The van der Waals surface area contributed by atoms with Crippen LogP contribution in [0.2, 0.25) is 0 Å². The van der Waals surface area contributed by atoms with E-state index >= 15 is 0 Å². The topological polar surface area (TPSA) is 60.4 Å². The molecule has 0 amide bonds. The van der Waals surface area contributed by atoms with Gasteiger partial charge in [-0.25, -0.2) is 0 Å². The predicted octanol–water partition coefficient (Wildman–Crippen LogP) is 0.599. The predicted molar refractivity (Wildman–Crippen MR) is 45.2 cm³/mol. The Morgan fingerprint density at radius 2 is 2.00 bits per heavy atom. The van der Waals surface area contributed by atoms with Crippen molar-refractivity contribution < 1.29 is 13.9 Å². The Morgan fingerprint density at radius 1 is 1.42 bits per heavy atom.